The van der Waals surface area contributed by atoms with Gasteiger partial charge in [0.05, 0.1) is 12.5 Å². The molecule has 0 spiro atoms. The molecule has 2 N–H and O–H groups in total. The van der Waals surface area contributed by atoms with Crippen LogP contribution in [-0.4, -0.2) is 60.5 Å². The molecule has 9 heavy (non-hydrogen) atoms. The predicted octanol–water partition coefficient (Wildman–Crippen LogP) is -0.0663. The number of hydrogen-bond donors (Lipinski definition) is 2. The van der Waals surface area contributed by atoms with Gasteiger partial charge in [0, 0.05) is 0 Å². The third-order valence-electron chi connectivity index (χ3n) is 1.06. The average Bonchev–Trinajstić information content (AvgIpc) is 1.69. The van der Waals surface area contributed by atoms with E-state index >= 15 is 0 Å². The van der Waals surface area contributed by atoms with Crippen molar-refractivity contribution in [2.75, 3.05) is 6.61 Å². The molecule has 3 nitrogen and oxygen atoms in total. The molecular formula is C5H12CaO3. The van der Waals surface area contributed by atoms with Crippen molar-refractivity contribution in [3.63, 3.8) is 0 Å². The van der Waals surface area contributed by atoms with E-state index in [1.54, 1.807) is 6.92 Å². The summed E-state index contributed by atoms with van der Waals surface area (Å²) in [5.41, 5.74) is 0. The molecule has 0 aliphatic carbocycles. The van der Waals surface area contributed by atoms with Crippen molar-refractivity contribution in [2.45, 2.75) is 13.3 Å². The van der Waals surface area contributed by atoms with Gasteiger partial charge in [-0.25, -0.2) is 0 Å². The summed E-state index contributed by atoms with van der Waals surface area (Å²) in [5, 5.41) is 16.5. The summed E-state index contributed by atoms with van der Waals surface area (Å²) in [7, 11) is 0. The van der Waals surface area contributed by atoms with Gasteiger partial charge >= 0.3 is 43.7 Å². The summed E-state index contributed by atoms with van der Waals surface area (Å²) in [5.74, 6) is -1.50. The number of aliphatic hydroxyl groups excluding tert-OH is 1. The van der Waals surface area contributed by atoms with Crippen LogP contribution in [-0.2, 0) is 4.79 Å². The Morgan fingerprint density at radius 3 is 2.22 bits per heavy atom. The van der Waals surface area contributed by atoms with E-state index in [-0.39, 0.29) is 47.2 Å². The first-order chi connectivity index (χ1) is 3.72. The Labute approximate surface area is 87.0 Å². The molecule has 0 fully saturated rings. The zero-order valence-electron chi connectivity index (χ0n) is 7.50. The first kappa shape index (κ1) is 12.4. The first-order valence-corrected chi connectivity index (χ1v) is 2.56. The topological polar surface area (TPSA) is 57.5 Å². The van der Waals surface area contributed by atoms with E-state index in [0.29, 0.717) is 6.42 Å². The minimum Gasteiger partial charge on any atom is -1.00 e. The maximum absolute atomic E-state index is 10.0. The van der Waals surface area contributed by atoms with Gasteiger partial charge in [0.1, 0.15) is 0 Å². The van der Waals surface area contributed by atoms with E-state index in [1.807, 2.05) is 0 Å². The van der Waals surface area contributed by atoms with E-state index in [0.717, 1.165) is 0 Å². The van der Waals surface area contributed by atoms with Crippen LogP contribution in [0.4, 0.5) is 0 Å². The number of aliphatic hydroxyl groups is 1. The number of rotatable bonds is 3. The summed E-state index contributed by atoms with van der Waals surface area (Å²) >= 11 is 0. The Balaban J connectivity index is -0.0000000817. The van der Waals surface area contributed by atoms with Crippen molar-refractivity contribution in [2.24, 2.45) is 5.92 Å². The molecule has 0 aromatic heterocycles. The maximum Gasteiger partial charge on any atom is 2.00 e. The zero-order chi connectivity index (χ0) is 6.57. The first-order valence-electron chi connectivity index (χ1n) is 2.56. The molecule has 0 aliphatic rings. The van der Waals surface area contributed by atoms with Gasteiger partial charge in [0.25, 0.3) is 0 Å². The standard InChI is InChI=1S/C5H10O3.Ca.2H/c1-2-4(3-6)5(7)8;;;/h4,6H,2-3H2,1H3,(H,7,8);;;/q;+2;2*-1. The smallest absolute Gasteiger partial charge is 1.00 e. The number of carboxylic acids is 1. The van der Waals surface area contributed by atoms with E-state index in [2.05, 4.69) is 0 Å². The molecule has 0 radical (unpaired) electrons. The van der Waals surface area contributed by atoms with Crippen molar-refractivity contribution in [1.82, 2.24) is 0 Å². The summed E-state index contributed by atoms with van der Waals surface area (Å²) in [6, 6.07) is 0. The Hall–Kier alpha value is 0.690. The van der Waals surface area contributed by atoms with Crippen molar-refractivity contribution >= 4 is 43.7 Å². The van der Waals surface area contributed by atoms with Crippen LogP contribution in [0.3, 0.4) is 0 Å². The van der Waals surface area contributed by atoms with Gasteiger partial charge in [-0.3, -0.25) is 4.79 Å². The molecule has 0 aliphatic heterocycles. The Morgan fingerprint density at radius 1 is 1.78 bits per heavy atom. The largest absolute Gasteiger partial charge is 2.00 e. The second kappa shape index (κ2) is 6.80. The van der Waals surface area contributed by atoms with Gasteiger partial charge in [-0.15, -0.1) is 0 Å². The van der Waals surface area contributed by atoms with Crippen LogP contribution >= 0.6 is 0 Å². The van der Waals surface area contributed by atoms with Gasteiger partial charge in [-0.1, -0.05) is 6.92 Å². The van der Waals surface area contributed by atoms with Gasteiger partial charge < -0.3 is 13.1 Å². The number of carbonyl (C=O) groups is 1. The van der Waals surface area contributed by atoms with Crippen LogP contribution in [0.25, 0.3) is 0 Å². The third kappa shape index (κ3) is 5.15. The van der Waals surface area contributed by atoms with Crippen LogP contribution in [0.2, 0.25) is 0 Å². The van der Waals surface area contributed by atoms with Gasteiger partial charge in [-0.2, -0.15) is 0 Å². The van der Waals surface area contributed by atoms with Crippen molar-refractivity contribution in [1.29, 1.82) is 0 Å². The third-order valence-corrected chi connectivity index (χ3v) is 1.06. The van der Waals surface area contributed by atoms with E-state index < -0.39 is 11.9 Å². The molecule has 0 bridgehead atoms. The molecule has 0 aromatic carbocycles. The second-order valence-electron chi connectivity index (χ2n) is 1.63. The van der Waals surface area contributed by atoms with E-state index in [1.165, 1.54) is 0 Å². The molecule has 0 amide bonds. The molecule has 0 saturated carbocycles. The summed E-state index contributed by atoms with van der Waals surface area (Å²) < 4.78 is 0. The zero-order valence-corrected chi connectivity index (χ0v) is 7.71. The van der Waals surface area contributed by atoms with E-state index in [9.17, 15) is 4.79 Å². The SMILES string of the molecule is CCC(CO)C(=O)O.[Ca+2].[H-].[H-]. The van der Waals surface area contributed by atoms with Crippen molar-refractivity contribution in [3.8, 4) is 0 Å². The van der Waals surface area contributed by atoms with Gasteiger partial charge in [-0.05, 0) is 6.42 Å². The second-order valence-corrected chi connectivity index (χ2v) is 1.63. The fourth-order valence-corrected chi connectivity index (χ4v) is 0.382. The monoisotopic (exact) mass is 160 g/mol. The van der Waals surface area contributed by atoms with Crippen LogP contribution in [0.15, 0.2) is 0 Å². The molecule has 52 valence electrons. The molecule has 0 heterocycles. The maximum atomic E-state index is 10.0. The fraction of sp³-hybridized carbons (Fsp3) is 0.800. The van der Waals surface area contributed by atoms with Crippen LogP contribution in [0.5, 0.6) is 0 Å². The van der Waals surface area contributed by atoms with Crippen molar-refractivity contribution < 1.29 is 17.9 Å². The number of hydrogen-bond acceptors (Lipinski definition) is 2. The van der Waals surface area contributed by atoms with Gasteiger partial charge in [0.2, 0.25) is 0 Å². The van der Waals surface area contributed by atoms with Crippen LogP contribution in [0, 0.1) is 5.92 Å². The van der Waals surface area contributed by atoms with Crippen LogP contribution < -0.4 is 0 Å². The molecule has 0 saturated heterocycles. The molecule has 1 atom stereocenters. The molecule has 4 heteroatoms. The molecule has 0 rings (SSSR count). The summed E-state index contributed by atoms with van der Waals surface area (Å²) in [6.45, 7) is 1.47. The predicted molar refractivity (Wildman–Crippen MR) is 36.5 cm³/mol. The normalized spacial score (nSPS) is 11.8. The summed E-state index contributed by atoms with van der Waals surface area (Å²) in [6.07, 6.45) is 0.492. The molecular weight excluding hydrogens is 148 g/mol. The average molecular weight is 160 g/mol. The number of aliphatic carboxylic acids is 1. The van der Waals surface area contributed by atoms with Crippen molar-refractivity contribution in [3.05, 3.63) is 0 Å². The summed E-state index contributed by atoms with van der Waals surface area (Å²) in [4.78, 5) is 10.0. The number of carboxylic acid groups (broad SMARTS) is 1. The minimum absolute atomic E-state index is 0. The Morgan fingerprint density at radius 2 is 2.22 bits per heavy atom. The Kier molecular flexibility index (Phi) is 9.36. The van der Waals surface area contributed by atoms with Gasteiger partial charge in [0.15, 0.2) is 0 Å². The molecule has 1 unspecified atom stereocenters. The Bertz CT molecular complexity index is 87.8. The van der Waals surface area contributed by atoms with E-state index in [4.69, 9.17) is 10.2 Å². The fourth-order valence-electron chi connectivity index (χ4n) is 0.382. The minimum atomic E-state index is -0.921. The molecule has 0 aromatic rings. The quantitative estimate of drug-likeness (QED) is 0.568. The van der Waals surface area contributed by atoms with Crippen LogP contribution in [0.1, 0.15) is 16.2 Å².